The smallest absolute Gasteiger partial charge is 0.137 e. The van der Waals surface area contributed by atoms with Crippen LogP contribution in [0.4, 0.5) is 5.69 Å². The number of methoxy groups -OCH3 is 1. The summed E-state index contributed by atoms with van der Waals surface area (Å²) >= 11 is 0. The van der Waals surface area contributed by atoms with Crippen LogP contribution in [0, 0.1) is 11.3 Å². The lowest BCUT2D eigenvalue weighted by molar-refractivity contribution is 0.366. The van der Waals surface area contributed by atoms with E-state index in [0.29, 0.717) is 6.54 Å². The van der Waals surface area contributed by atoms with Gasteiger partial charge in [0.15, 0.2) is 0 Å². The SMILES string of the molecule is COc1ccc2c(c1)N=C(c1ccccc1)N(CC#N)C2C. The zero-order valence-corrected chi connectivity index (χ0v) is 12.7. The summed E-state index contributed by atoms with van der Waals surface area (Å²) in [7, 11) is 1.65. The predicted molar refractivity (Wildman–Crippen MR) is 86.4 cm³/mol. The Balaban J connectivity index is 2.15. The Morgan fingerprint density at radius 2 is 2.00 bits per heavy atom. The van der Waals surface area contributed by atoms with Crippen molar-refractivity contribution in [3.05, 3.63) is 59.7 Å². The molecule has 0 bridgehead atoms. The molecule has 22 heavy (non-hydrogen) atoms. The fourth-order valence-electron chi connectivity index (χ4n) is 2.74. The number of hydrogen-bond acceptors (Lipinski definition) is 4. The highest BCUT2D eigenvalue weighted by Gasteiger charge is 2.27. The molecule has 110 valence electrons. The molecule has 1 aliphatic heterocycles. The Morgan fingerprint density at radius 3 is 2.68 bits per heavy atom. The van der Waals surface area contributed by atoms with Gasteiger partial charge >= 0.3 is 0 Å². The molecule has 1 aliphatic rings. The fraction of sp³-hybridized carbons (Fsp3) is 0.222. The molecule has 0 amide bonds. The molecule has 0 saturated heterocycles. The van der Waals surface area contributed by atoms with Gasteiger partial charge in [0.1, 0.15) is 18.1 Å². The molecular weight excluding hydrogens is 274 g/mol. The van der Waals surface area contributed by atoms with Crippen molar-refractivity contribution in [3.63, 3.8) is 0 Å². The number of rotatable bonds is 3. The van der Waals surface area contributed by atoms with Gasteiger partial charge in [0.2, 0.25) is 0 Å². The van der Waals surface area contributed by atoms with Crippen LogP contribution in [0.3, 0.4) is 0 Å². The van der Waals surface area contributed by atoms with Crippen molar-refractivity contribution in [3.8, 4) is 11.8 Å². The Bertz CT molecular complexity index is 747. The Hall–Kier alpha value is -2.80. The molecule has 0 aliphatic carbocycles. The van der Waals surface area contributed by atoms with E-state index in [0.717, 1.165) is 28.4 Å². The predicted octanol–water partition coefficient (Wildman–Crippen LogP) is 3.67. The summed E-state index contributed by atoms with van der Waals surface area (Å²) in [6, 6.07) is 18.2. The molecule has 4 heteroatoms. The highest BCUT2D eigenvalue weighted by molar-refractivity contribution is 6.02. The first-order valence-corrected chi connectivity index (χ1v) is 7.20. The number of nitrogens with zero attached hydrogens (tertiary/aromatic N) is 3. The van der Waals surface area contributed by atoms with E-state index in [1.165, 1.54) is 0 Å². The van der Waals surface area contributed by atoms with Gasteiger partial charge in [-0.25, -0.2) is 4.99 Å². The minimum atomic E-state index is 0.0910. The maximum absolute atomic E-state index is 9.16. The van der Waals surface area contributed by atoms with E-state index < -0.39 is 0 Å². The van der Waals surface area contributed by atoms with Crippen molar-refractivity contribution < 1.29 is 4.74 Å². The summed E-state index contributed by atoms with van der Waals surface area (Å²) < 4.78 is 5.30. The molecule has 0 N–H and O–H groups in total. The summed E-state index contributed by atoms with van der Waals surface area (Å²) in [6.45, 7) is 2.40. The van der Waals surface area contributed by atoms with Crippen LogP contribution in [0.5, 0.6) is 5.75 Å². The van der Waals surface area contributed by atoms with E-state index >= 15 is 0 Å². The third-order valence-corrected chi connectivity index (χ3v) is 3.93. The summed E-state index contributed by atoms with van der Waals surface area (Å²) in [5, 5.41) is 9.16. The topological polar surface area (TPSA) is 48.6 Å². The van der Waals surface area contributed by atoms with Crippen LogP contribution in [0.25, 0.3) is 0 Å². The molecule has 0 aromatic heterocycles. The minimum Gasteiger partial charge on any atom is -0.497 e. The first kappa shape index (κ1) is 14.2. The Labute approximate surface area is 130 Å². The number of hydrogen-bond donors (Lipinski definition) is 0. The van der Waals surface area contributed by atoms with E-state index in [2.05, 4.69) is 13.0 Å². The zero-order valence-electron chi connectivity index (χ0n) is 12.7. The molecule has 1 heterocycles. The average Bonchev–Trinajstić information content (AvgIpc) is 2.57. The quantitative estimate of drug-likeness (QED) is 0.811. The molecule has 2 aromatic carbocycles. The minimum absolute atomic E-state index is 0.0910. The fourth-order valence-corrected chi connectivity index (χ4v) is 2.74. The first-order valence-electron chi connectivity index (χ1n) is 7.20. The Morgan fingerprint density at radius 1 is 1.23 bits per heavy atom. The largest absolute Gasteiger partial charge is 0.497 e. The maximum atomic E-state index is 9.16. The van der Waals surface area contributed by atoms with Crippen LogP contribution in [0.2, 0.25) is 0 Å². The lowest BCUT2D eigenvalue weighted by atomic mass is 10.00. The number of nitriles is 1. The standard InChI is InChI=1S/C18H17N3O/c1-13-16-9-8-15(22-2)12-17(16)20-18(21(13)11-10-19)14-6-4-3-5-7-14/h3-9,12-13H,11H2,1-2H3. The van der Waals surface area contributed by atoms with Gasteiger partial charge in [-0.1, -0.05) is 36.4 Å². The van der Waals surface area contributed by atoms with E-state index in [1.54, 1.807) is 7.11 Å². The highest BCUT2D eigenvalue weighted by atomic mass is 16.5. The number of fused-ring (bicyclic) bond motifs is 1. The van der Waals surface area contributed by atoms with Crippen molar-refractivity contribution in [2.24, 2.45) is 4.99 Å². The van der Waals surface area contributed by atoms with E-state index in [-0.39, 0.29) is 6.04 Å². The third-order valence-electron chi connectivity index (χ3n) is 3.93. The van der Waals surface area contributed by atoms with Gasteiger partial charge in [0.05, 0.1) is 24.9 Å². The van der Waals surface area contributed by atoms with Crippen LogP contribution in [0.1, 0.15) is 24.1 Å². The second kappa shape index (κ2) is 5.90. The van der Waals surface area contributed by atoms with Gasteiger partial charge in [-0.05, 0) is 13.0 Å². The number of aliphatic imine (C=N–C) groups is 1. The maximum Gasteiger partial charge on any atom is 0.137 e. The Kier molecular flexibility index (Phi) is 3.80. The summed E-state index contributed by atoms with van der Waals surface area (Å²) in [5.41, 5.74) is 3.02. The summed E-state index contributed by atoms with van der Waals surface area (Å²) in [6.07, 6.45) is 0. The normalized spacial score (nSPS) is 16.5. The average molecular weight is 291 g/mol. The van der Waals surface area contributed by atoms with Gasteiger partial charge in [-0.15, -0.1) is 0 Å². The van der Waals surface area contributed by atoms with Gasteiger partial charge in [-0.2, -0.15) is 5.26 Å². The van der Waals surface area contributed by atoms with Crippen molar-refractivity contribution in [2.75, 3.05) is 13.7 Å². The lowest BCUT2D eigenvalue weighted by Crippen LogP contribution is -2.36. The van der Waals surface area contributed by atoms with E-state index in [4.69, 9.17) is 15.0 Å². The molecule has 4 nitrogen and oxygen atoms in total. The zero-order chi connectivity index (χ0) is 15.5. The van der Waals surface area contributed by atoms with Crippen molar-refractivity contribution >= 4 is 11.5 Å². The molecule has 3 rings (SSSR count). The second-order valence-electron chi connectivity index (χ2n) is 5.19. The monoisotopic (exact) mass is 291 g/mol. The van der Waals surface area contributed by atoms with Crippen molar-refractivity contribution in [1.82, 2.24) is 4.90 Å². The first-order chi connectivity index (χ1) is 10.7. The lowest BCUT2D eigenvalue weighted by Gasteiger charge is -2.35. The molecule has 0 spiro atoms. The van der Waals surface area contributed by atoms with Gasteiger partial charge < -0.3 is 9.64 Å². The van der Waals surface area contributed by atoms with Crippen LogP contribution in [0.15, 0.2) is 53.5 Å². The van der Waals surface area contributed by atoms with Crippen molar-refractivity contribution in [1.29, 1.82) is 5.26 Å². The van der Waals surface area contributed by atoms with Gasteiger partial charge in [-0.3, -0.25) is 0 Å². The van der Waals surface area contributed by atoms with Crippen LogP contribution < -0.4 is 4.74 Å². The molecular formula is C18H17N3O. The molecule has 2 aromatic rings. The molecule has 0 saturated carbocycles. The molecule has 0 fully saturated rings. The number of ether oxygens (including phenoxy) is 1. The van der Waals surface area contributed by atoms with E-state index in [1.807, 2.05) is 53.4 Å². The second-order valence-corrected chi connectivity index (χ2v) is 5.19. The van der Waals surface area contributed by atoms with Gasteiger partial charge in [0.25, 0.3) is 0 Å². The van der Waals surface area contributed by atoms with Crippen LogP contribution in [-0.2, 0) is 0 Å². The van der Waals surface area contributed by atoms with Crippen molar-refractivity contribution in [2.45, 2.75) is 13.0 Å². The molecule has 1 atom stereocenters. The summed E-state index contributed by atoms with van der Waals surface area (Å²) in [4.78, 5) is 6.82. The summed E-state index contributed by atoms with van der Waals surface area (Å²) in [5.74, 6) is 1.62. The van der Waals surface area contributed by atoms with Crippen LogP contribution >= 0.6 is 0 Å². The van der Waals surface area contributed by atoms with Gasteiger partial charge in [0, 0.05) is 17.2 Å². The molecule has 0 radical (unpaired) electrons. The molecule has 1 unspecified atom stereocenters. The number of amidine groups is 1. The number of benzene rings is 2. The van der Waals surface area contributed by atoms with E-state index in [9.17, 15) is 0 Å². The van der Waals surface area contributed by atoms with Crippen LogP contribution in [-0.4, -0.2) is 24.4 Å². The highest BCUT2D eigenvalue weighted by Crippen LogP contribution is 2.37. The third kappa shape index (κ3) is 2.42.